The zero-order valence-corrected chi connectivity index (χ0v) is 11.8. The van der Waals surface area contributed by atoms with Crippen molar-refractivity contribution in [2.45, 2.75) is 26.4 Å². The molecule has 100 valence electrons. The Hall–Kier alpha value is -1.81. The fraction of sp³-hybridized carbons (Fsp3) is 0.286. The molecule has 0 saturated heterocycles. The fourth-order valence-electron chi connectivity index (χ4n) is 1.54. The molecular formula is C14H15ClN2O2. The number of pyridine rings is 1. The molecule has 0 aliphatic heterocycles. The van der Waals surface area contributed by atoms with Crippen molar-refractivity contribution in [1.29, 1.82) is 0 Å². The number of carbonyl (C=O) groups is 1. The standard InChI is InChI=1S/C14H15ClN2O2/c1-14(2,3)19-13(18)17-7-6-11(9-17)10-4-5-12(15)16-8-10/h4-9H,1-3H3. The number of hydrogen-bond donors (Lipinski definition) is 0. The Morgan fingerprint density at radius 3 is 2.58 bits per heavy atom. The Kier molecular flexibility index (Phi) is 3.62. The van der Waals surface area contributed by atoms with Gasteiger partial charge in [0.15, 0.2) is 0 Å². The highest BCUT2D eigenvalue weighted by atomic mass is 35.5. The van der Waals surface area contributed by atoms with Gasteiger partial charge >= 0.3 is 6.09 Å². The van der Waals surface area contributed by atoms with Crippen molar-refractivity contribution in [2.75, 3.05) is 0 Å². The maximum Gasteiger partial charge on any atom is 0.418 e. The van der Waals surface area contributed by atoms with Crippen LogP contribution in [0.15, 0.2) is 36.8 Å². The van der Waals surface area contributed by atoms with Crippen molar-refractivity contribution in [1.82, 2.24) is 9.55 Å². The molecule has 19 heavy (non-hydrogen) atoms. The minimum absolute atomic E-state index is 0.402. The molecule has 2 aromatic rings. The number of hydrogen-bond acceptors (Lipinski definition) is 3. The highest BCUT2D eigenvalue weighted by Gasteiger charge is 2.17. The minimum atomic E-state index is -0.511. The van der Waals surface area contributed by atoms with Gasteiger partial charge in [-0.3, -0.25) is 4.57 Å². The number of aromatic nitrogens is 2. The van der Waals surface area contributed by atoms with E-state index in [2.05, 4.69) is 4.98 Å². The van der Waals surface area contributed by atoms with Gasteiger partial charge in [-0.2, -0.15) is 0 Å². The third-order valence-corrected chi connectivity index (χ3v) is 2.58. The van der Waals surface area contributed by atoms with Gasteiger partial charge in [0, 0.05) is 29.7 Å². The fourth-order valence-corrected chi connectivity index (χ4v) is 1.65. The molecule has 0 unspecified atom stereocenters. The predicted octanol–water partition coefficient (Wildman–Crippen LogP) is 3.99. The Morgan fingerprint density at radius 1 is 1.26 bits per heavy atom. The lowest BCUT2D eigenvalue weighted by Crippen LogP contribution is -2.26. The molecule has 0 amide bonds. The van der Waals surface area contributed by atoms with E-state index >= 15 is 0 Å². The molecule has 0 aliphatic carbocycles. The lowest BCUT2D eigenvalue weighted by Gasteiger charge is -2.19. The van der Waals surface area contributed by atoms with E-state index in [9.17, 15) is 4.79 Å². The largest absolute Gasteiger partial charge is 0.443 e. The lowest BCUT2D eigenvalue weighted by atomic mass is 10.2. The van der Waals surface area contributed by atoms with Crippen LogP contribution in [0.25, 0.3) is 11.1 Å². The predicted molar refractivity (Wildman–Crippen MR) is 74.3 cm³/mol. The Bertz CT molecular complexity index is 582. The molecule has 0 fully saturated rings. The molecule has 2 aromatic heterocycles. The van der Waals surface area contributed by atoms with E-state index < -0.39 is 11.7 Å². The van der Waals surface area contributed by atoms with Crippen LogP contribution in [0.5, 0.6) is 0 Å². The topological polar surface area (TPSA) is 44.1 Å². The van der Waals surface area contributed by atoms with Crippen LogP contribution in [-0.2, 0) is 4.74 Å². The molecule has 0 bridgehead atoms. The first-order chi connectivity index (χ1) is 8.85. The average Bonchev–Trinajstić information content (AvgIpc) is 2.77. The number of carbonyl (C=O) groups excluding carboxylic acids is 1. The number of ether oxygens (including phenoxy) is 1. The monoisotopic (exact) mass is 278 g/mol. The van der Waals surface area contributed by atoms with Gasteiger partial charge in [-0.15, -0.1) is 0 Å². The summed E-state index contributed by atoms with van der Waals surface area (Å²) in [4.78, 5) is 15.9. The second kappa shape index (κ2) is 5.05. The van der Waals surface area contributed by atoms with Gasteiger partial charge in [-0.25, -0.2) is 9.78 Å². The second-order valence-corrected chi connectivity index (χ2v) is 5.54. The van der Waals surface area contributed by atoms with Crippen molar-refractivity contribution in [3.05, 3.63) is 41.9 Å². The summed E-state index contributed by atoms with van der Waals surface area (Å²) in [5, 5.41) is 0.440. The summed E-state index contributed by atoms with van der Waals surface area (Å²) in [6.07, 6.45) is 4.63. The van der Waals surface area contributed by atoms with Gasteiger partial charge in [0.05, 0.1) is 0 Å². The molecule has 0 spiro atoms. The summed E-state index contributed by atoms with van der Waals surface area (Å²) in [6, 6.07) is 5.39. The first-order valence-electron chi connectivity index (χ1n) is 5.88. The average molecular weight is 279 g/mol. The van der Waals surface area contributed by atoms with Crippen LogP contribution in [0.2, 0.25) is 5.15 Å². The van der Waals surface area contributed by atoms with Gasteiger partial charge < -0.3 is 4.74 Å². The van der Waals surface area contributed by atoms with Gasteiger partial charge in [0.1, 0.15) is 10.8 Å². The van der Waals surface area contributed by atoms with Crippen molar-refractivity contribution in [3.8, 4) is 11.1 Å². The Morgan fingerprint density at radius 2 is 2.00 bits per heavy atom. The van der Waals surface area contributed by atoms with Crippen LogP contribution >= 0.6 is 11.6 Å². The molecule has 0 N–H and O–H groups in total. The quantitative estimate of drug-likeness (QED) is 0.741. The zero-order chi connectivity index (χ0) is 14.0. The van der Waals surface area contributed by atoms with Gasteiger partial charge in [-0.1, -0.05) is 11.6 Å². The maximum absolute atomic E-state index is 11.9. The highest BCUT2D eigenvalue weighted by Crippen LogP contribution is 2.20. The number of nitrogens with zero attached hydrogens (tertiary/aromatic N) is 2. The van der Waals surface area contributed by atoms with E-state index in [4.69, 9.17) is 16.3 Å². The molecule has 4 nitrogen and oxygen atoms in total. The van der Waals surface area contributed by atoms with Crippen molar-refractivity contribution >= 4 is 17.7 Å². The molecule has 0 aromatic carbocycles. The van der Waals surface area contributed by atoms with Gasteiger partial charge in [0.2, 0.25) is 0 Å². The normalized spacial score (nSPS) is 11.4. The summed E-state index contributed by atoms with van der Waals surface area (Å²) >= 11 is 5.74. The Labute approximate surface area is 117 Å². The van der Waals surface area contributed by atoms with Crippen LogP contribution < -0.4 is 0 Å². The third-order valence-electron chi connectivity index (χ3n) is 2.36. The van der Waals surface area contributed by atoms with Crippen LogP contribution in [0, 0.1) is 0 Å². The molecule has 5 heteroatoms. The molecule has 0 aliphatic rings. The van der Waals surface area contributed by atoms with Crippen LogP contribution in [0.3, 0.4) is 0 Å². The molecule has 0 atom stereocenters. The van der Waals surface area contributed by atoms with Crippen LogP contribution in [-0.4, -0.2) is 21.2 Å². The highest BCUT2D eigenvalue weighted by molar-refractivity contribution is 6.29. The summed E-state index contributed by atoms with van der Waals surface area (Å²) < 4.78 is 6.69. The SMILES string of the molecule is CC(C)(C)OC(=O)n1ccc(-c2ccc(Cl)nc2)c1. The van der Waals surface area contributed by atoms with E-state index in [-0.39, 0.29) is 0 Å². The first kappa shape index (κ1) is 13.6. The zero-order valence-electron chi connectivity index (χ0n) is 11.1. The van der Waals surface area contributed by atoms with E-state index in [1.54, 1.807) is 24.7 Å². The number of rotatable bonds is 1. The van der Waals surface area contributed by atoms with E-state index in [0.717, 1.165) is 11.1 Å². The van der Waals surface area contributed by atoms with Gasteiger partial charge in [-0.05, 0) is 39.0 Å². The minimum Gasteiger partial charge on any atom is -0.443 e. The maximum atomic E-state index is 11.9. The number of halogens is 1. The molecule has 2 heterocycles. The first-order valence-corrected chi connectivity index (χ1v) is 6.26. The van der Waals surface area contributed by atoms with Crippen molar-refractivity contribution < 1.29 is 9.53 Å². The van der Waals surface area contributed by atoms with Gasteiger partial charge in [0.25, 0.3) is 0 Å². The van der Waals surface area contributed by atoms with E-state index in [0.29, 0.717) is 5.15 Å². The van der Waals surface area contributed by atoms with E-state index in [1.165, 1.54) is 4.57 Å². The summed E-state index contributed by atoms with van der Waals surface area (Å²) in [7, 11) is 0. The third kappa shape index (κ3) is 3.58. The smallest absolute Gasteiger partial charge is 0.418 e. The summed E-state index contributed by atoms with van der Waals surface area (Å²) in [5.41, 5.74) is 1.27. The van der Waals surface area contributed by atoms with Crippen molar-refractivity contribution in [3.63, 3.8) is 0 Å². The molecule has 0 radical (unpaired) electrons. The van der Waals surface area contributed by atoms with Crippen molar-refractivity contribution in [2.24, 2.45) is 0 Å². The lowest BCUT2D eigenvalue weighted by molar-refractivity contribution is 0.0537. The second-order valence-electron chi connectivity index (χ2n) is 5.16. The van der Waals surface area contributed by atoms with E-state index in [1.807, 2.05) is 32.9 Å². The Balaban J connectivity index is 2.19. The van der Waals surface area contributed by atoms with Crippen LogP contribution in [0.4, 0.5) is 4.79 Å². The molecule has 0 saturated carbocycles. The molecule has 2 rings (SSSR count). The summed E-state index contributed by atoms with van der Waals surface area (Å²) in [6.45, 7) is 5.50. The summed E-state index contributed by atoms with van der Waals surface area (Å²) in [5.74, 6) is 0. The van der Waals surface area contributed by atoms with Crippen LogP contribution in [0.1, 0.15) is 20.8 Å². The molecular weight excluding hydrogens is 264 g/mol.